The minimum absolute atomic E-state index is 0.317. The lowest BCUT2D eigenvalue weighted by molar-refractivity contribution is -0.144. The second-order valence-corrected chi connectivity index (χ2v) is 9.23. The summed E-state index contributed by atoms with van der Waals surface area (Å²) in [7, 11) is 0. The molecule has 216 valence electrons. The number of hydrogen-bond donors (Lipinski definition) is 9. The van der Waals surface area contributed by atoms with E-state index < -0.39 is 97.1 Å². The summed E-state index contributed by atoms with van der Waals surface area (Å²) in [5.74, 6) is -9.19. The highest BCUT2D eigenvalue weighted by Crippen LogP contribution is 2.06. The molecule has 0 radical (unpaired) electrons. The molecular weight excluding hydrogens is 510 g/mol. The molecule has 4 amide bonds. The molecule has 0 saturated carbocycles. The van der Waals surface area contributed by atoms with E-state index >= 15 is 0 Å². The van der Waals surface area contributed by atoms with Crippen molar-refractivity contribution >= 4 is 41.5 Å². The van der Waals surface area contributed by atoms with E-state index in [0.717, 1.165) is 0 Å². The van der Waals surface area contributed by atoms with Crippen molar-refractivity contribution in [1.29, 1.82) is 0 Å². The molecule has 0 aromatic rings. The van der Waals surface area contributed by atoms with Crippen LogP contribution in [0.5, 0.6) is 0 Å². The molecule has 10 N–H and O–H groups in total. The normalized spacial score (nSPS) is 14.9. The smallest absolute Gasteiger partial charge is 0.326 e. The van der Waals surface area contributed by atoms with Crippen LogP contribution >= 0.6 is 0 Å². The van der Waals surface area contributed by atoms with Gasteiger partial charge >= 0.3 is 17.9 Å². The molecular formula is C22H37N5O11. The molecule has 0 spiro atoms. The summed E-state index contributed by atoms with van der Waals surface area (Å²) in [5.41, 5.74) is 5.75. The van der Waals surface area contributed by atoms with Crippen molar-refractivity contribution in [3.63, 3.8) is 0 Å². The standard InChI is InChI=1S/C22H37N5O11/c1-9(2)16(23)21(36)24-11(5-6-14(29)30)18(33)26-13(8-28)20(35)25-12(7-15(31)32)19(34)27-17(10(3)4)22(37)38/h9-13,16-17,28H,5-8,23H2,1-4H3,(H,24,36)(H,25,35)(H,26,33)(H,27,34)(H,29,30)(H,31,32)(H,37,38)/t11-,12-,13-,16-,17-/m0/s1. The van der Waals surface area contributed by atoms with Gasteiger partial charge in [-0.05, 0) is 18.3 Å². The van der Waals surface area contributed by atoms with E-state index in [-0.39, 0.29) is 12.3 Å². The van der Waals surface area contributed by atoms with E-state index in [2.05, 4.69) is 16.0 Å². The number of aliphatic hydroxyl groups is 1. The summed E-state index contributed by atoms with van der Waals surface area (Å²) >= 11 is 0. The van der Waals surface area contributed by atoms with Gasteiger partial charge in [0.1, 0.15) is 24.2 Å². The Morgan fingerprint density at radius 3 is 1.55 bits per heavy atom. The minimum Gasteiger partial charge on any atom is -0.481 e. The van der Waals surface area contributed by atoms with Gasteiger partial charge in [0.25, 0.3) is 0 Å². The molecule has 5 atom stereocenters. The fourth-order valence-electron chi connectivity index (χ4n) is 3.00. The van der Waals surface area contributed by atoms with Crippen molar-refractivity contribution in [2.45, 2.75) is 77.2 Å². The Morgan fingerprint density at radius 1 is 0.658 bits per heavy atom. The molecule has 0 aliphatic heterocycles. The van der Waals surface area contributed by atoms with Gasteiger partial charge in [0, 0.05) is 6.42 Å². The maximum absolute atomic E-state index is 12.8. The van der Waals surface area contributed by atoms with Crippen LogP contribution in [-0.2, 0) is 33.6 Å². The molecule has 0 rings (SSSR count). The fraction of sp³-hybridized carbons (Fsp3) is 0.682. The second-order valence-electron chi connectivity index (χ2n) is 9.23. The summed E-state index contributed by atoms with van der Waals surface area (Å²) in [6, 6.07) is -7.37. The molecule has 0 bridgehead atoms. The zero-order valence-corrected chi connectivity index (χ0v) is 21.6. The van der Waals surface area contributed by atoms with E-state index in [0.29, 0.717) is 0 Å². The zero-order chi connectivity index (χ0) is 29.7. The van der Waals surface area contributed by atoms with Crippen LogP contribution < -0.4 is 27.0 Å². The quantitative estimate of drug-likeness (QED) is 0.0880. The number of carboxylic acids is 3. The first-order valence-corrected chi connectivity index (χ1v) is 11.8. The van der Waals surface area contributed by atoms with E-state index in [1.165, 1.54) is 13.8 Å². The summed E-state index contributed by atoms with van der Waals surface area (Å²) in [6.07, 6.45) is -1.86. The number of aliphatic hydroxyl groups excluding tert-OH is 1. The van der Waals surface area contributed by atoms with Crippen molar-refractivity contribution in [2.75, 3.05) is 6.61 Å². The number of nitrogens with two attached hydrogens (primary N) is 1. The maximum Gasteiger partial charge on any atom is 0.326 e. The SMILES string of the molecule is CC(C)[C@H](N)C(=O)N[C@@H](CCC(=O)O)C(=O)N[C@@H](CO)C(=O)N[C@@H](CC(=O)O)C(=O)N[C@H](C(=O)O)C(C)C. The molecule has 0 aliphatic rings. The van der Waals surface area contributed by atoms with Gasteiger partial charge < -0.3 is 47.4 Å². The van der Waals surface area contributed by atoms with Gasteiger partial charge in [0.05, 0.1) is 19.1 Å². The van der Waals surface area contributed by atoms with E-state index in [9.17, 15) is 43.8 Å². The molecule has 16 nitrogen and oxygen atoms in total. The molecule has 16 heteroatoms. The Hall–Kier alpha value is -3.79. The number of carbonyl (C=O) groups is 7. The van der Waals surface area contributed by atoms with Crippen LogP contribution in [0, 0.1) is 11.8 Å². The first-order chi connectivity index (χ1) is 17.5. The van der Waals surface area contributed by atoms with Crippen LogP contribution in [0.3, 0.4) is 0 Å². The van der Waals surface area contributed by atoms with Crippen LogP contribution in [0.4, 0.5) is 0 Å². The van der Waals surface area contributed by atoms with Gasteiger partial charge in [-0.2, -0.15) is 0 Å². The number of hydrogen-bond acceptors (Lipinski definition) is 9. The van der Waals surface area contributed by atoms with Gasteiger partial charge in [0.2, 0.25) is 23.6 Å². The number of aliphatic carboxylic acids is 3. The predicted molar refractivity (Wildman–Crippen MR) is 129 cm³/mol. The topological polar surface area (TPSA) is 275 Å². The zero-order valence-electron chi connectivity index (χ0n) is 21.6. The molecule has 0 aliphatic carbocycles. The lowest BCUT2D eigenvalue weighted by Gasteiger charge is -2.26. The third-order valence-electron chi connectivity index (χ3n) is 5.36. The van der Waals surface area contributed by atoms with Gasteiger partial charge in [-0.25, -0.2) is 4.79 Å². The van der Waals surface area contributed by atoms with Crippen LogP contribution in [0.2, 0.25) is 0 Å². The van der Waals surface area contributed by atoms with Crippen LogP contribution in [-0.4, -0.2) is 98.8 Å². The van der Waals surface area contributed by atoms with E-state index in [4.69, 9.17) is 15.9 Å². The predicted octanol–water partition coefficient (Wildman–Crippen LogP) is -3.02. The molecule has 0 heterocycles. The van der Waals surface area contributed by atoms with Gasteiger partial charge in [-0.15, -0.1) is 0 Å². The average Bonchev–Trinajstić information content (AvgIpc) is 2.80. The van der Waals surface area contributed by atoms with Crippen molar-refractivity contribution < 1.29 is 54.0 Å². The van der Waals surface area contributed by atoms with E-state index in [1.54, 1.807) is 13.8 Å². The van der Waals surface area contributed by atoms with Crippen molar-refractivity contribution in [3.05, 3.63) is 0 Å². The van der Waals surface area contributed by atoms with Gasteiger partial charge in [0.15, 0.2) is 0 Å². The first-order valence-electron chi connectivity index (χ1n) is 11.8. The fourth-order valence-corrected chi connectivity index (χ4v) is 3.00. The van der Waals surface area contributed by atoms with Crippen LogP contribution in [0.25, 0.3) is 0 Å². The molecule has 0 saturated heterocycles. The number of rotatable bonds is 17. The maximum atomic E-state index is 12.8. The molecule has 0 fully saturated rings. The molecule has 38 heavy (non-hydrogen) atoms. The highest BCUT2D eigenvalue weighted by atomic mass is 16.4. The Labute approximate surface area is 218 Å². The second kappa shape index (κ2) is 16.1. The highest BCUT2D eigenvalue weighted by molar-refractivity contribution is 5.96. The van der Waals surface area contributed by atoms with Crippen molar-refractivity contribution in [1.82, 2.24) is 21.3 Å². The Morgan fingerprint density at radius 2 is 1.13 bits per heavy atom. The monoisotopic (exact) mass is 547 g/mol. The molecule has 0 aromatic heterocycles. The largest absolute Gasteiger partial charge is 0.481 e. The Bertz CT molecular complexity index is 893. The summed E-state index contributed by atoms with van der Waals surface area (Å²) in [4.78, 5) is 83.9. The third-order valence-corrected chi connectivity index (χ3v) is 5.36. The van der Waals surface area contributed by atoms with Gasteiger partial charge in [-0.3, -0.25) is 28.8 Å². The minimum atomic E-state index is -1.77. The lowest BCUT2D eigenvalue weighted by atomic mass is 10.0. The number of carboxylic acid groups (broad SMARTS) is 3. The lowest BCUT2D eigenvalue weighted by Crippen LogP contribution is -2.60. The summed E-state index contributed by atoms with van der Waals surface area (Å²) in [5, 5.41) is 45.6. The molecule has 0 unspecified atom stereocenters. The number of amides is 4. The van der Waals surface area contributed by atoms with Crippen molar-refractivity contribution in [2.24, 2.45) is 17.6 Å². The van der Waals surface area contributed by atoms with E-state index in [1.807, 2.05) is 5.32 Å². The number of carbonyl (C=O) groups excluding carboxylic acids is 4. The summed E-state index contributed by atoms with van der Waals surface area (Å²) < 4.78 is 0. The average molecular weight is 548 g/mol. The van der Waals surface area contributed by atoms with Crippen molar-refractivity contribution in [3.8, 4) is 0 Å². The van der Waals surface area contributed by atoms with Gasteiger partial charge in [-0.1, -0.05) is 27.7 Å². The van der Waals surface area contributed by atoms with Crippen LogP contribution in [0.15, 0.2) is 0 Å². The highest BCUT2D eigenvalue weighted by Gasteiger charge is 2.33. The Balaban J connectivity index is 5.65. The first kappa shape index (κ1) is 34.2. The van der Waals surface area contributed by atoms with Crippen LogP contribution in [0.1, 0.15) is 47.0 Å². The Kier molecular flexibility index (Phi) is 14.5. The third kappa shape index (κ3) is 12.0. The molecule has 0 aromatic carbocycles. The number of nitrogens with one attached hydrogen (secondary N) is 4. The summed E-state index contributed by atoms with van der Waals surface area (Å²) in [6.45, 7) is 5.26.